The fourth-order valence-corrected chi connectivity index (χ4v) is 2.80. The second-order valence-electron chi connectivity index (χ2n) is 3.86. The summed E-state index contributed by atoms with van der Waals surface area (Å²) in [5.41, 5.74) is 7.35. The van der Waals surface area contributed by atoms with E-state index in [9.17, 15) is 0 Å². The maximum atomic E-state index is 5.87. The van der Waals surface area contributed by atoms with Crippen molar-refractivity contribution in [1.29, 1.82) is 0 Å². The first-order valence-corrected chi connectivity index (χ1v) is 6.69. The molecular weight excluding hydrogens is 264 g/mol. The highest BCUT2D eigenvalue weighted by atomic mass is 32.1. The number of hydrogen-bond donors (Lipinski definition) is 1. The van der Waals surface area contributed by atoms with Crippen LogP contribution in [-0.4, -0.2) is 9.85 Å². The van der Waals surface area contributed by atoms with E-state index in [1.54, 1.807) is 0 Å². The number of nitrogens with two attached hydrogens (primary N) is 1. The maximum absolute atomic E-state index is 5.87. The number of fused-ring (bicyclic) bond motifs is 1. The first kappa shape index (κ1) is 11.4. The smallest absolute Gasteiger partial charge is 0.279 e. The minimum Gasteiger partial charge on any atom is -0.427 e. The zero-order chi connectivity index (χ0) is 12.5. The van der Waals surface area contributed by atoms with Gasteiger partial charge in [-0.1, -0.05) is 41.8 Å². The molecule has 0 amide bonds. The van der Waals surface area contributed by atoms with Crippen LogP contribution in [0.2, 0.25) is 0 Å². The Morgan fingerprint density at radius 2 is 2.17 bits per heavy atom. The van der Waals surface area contributed by atoms with Crippen molar-refractivity contribution in [3.8, 4) is 5.19 Å². The number of ether oxygens (including phenoxy) is 1. The van der Waals surface area contributed by atoms with Gasteiger partial charge in [-0.2, -0.15) is 0 Å². The summed E-state index contributed by atoms with van der Waals surface area (Å²) in [5, 5.41) is 0.576. The third-order valence-electron chi connectivity index (χ3n) is 2.58. The minimum atomic E-state index is 0.561. The molecule has 0 bridgehead atoms. The van der Waals surface area contributed by atoms with Crippen molar-refractivity contribution in [3.63, 3.8) is 0 Å². The van der Waals surface area contributed by atoms with E-state index in [4.69, 9.17) is 22.7 Å². The van der Waals surface area contributed by atoms with Crippen molar-refractivity contribution in [2.45, 2.75) is 6.42 Å². The number of allylic oxidation sites excluding steroid dienone is 3. The molecule has 1 aromatic carbocycles. The molecule has 90 valence electrons. The third-order valence-corrected chi connectivity index (χ3v) is 3.85. The molecule has 0 fully saturated rings. The zero-order valence-electron chi connectivity index (χ0n) is 9.42. The second-order valence-corrected chi connectivity index (χ2v) is 5.35. The van der Waals surface area contributed by atoms with Gasteiger partial charge in [-0.05, 0) is 18.2 Å². The summed E-state index contributed by atoms with van der Waals surface area (Å²) in [4.78, 5) is 5.12. The van der Waals surface area contributed by atoms with E-state index >= 15 is 0 Å². The van der Waals surface area contributed by atoms with Crippen LogP contribution in [-0.2, 0) is 0 Å². The molecule has 3 rings (SSSR count). The summed E-state index contributed by atoms with van der Waals surface area (Å²) in [7, 11) is 0. The number of thiocarbonyl (C=S) groups is 1. The summed E-state index contributed by atoms with van der Waals surface area (Å²) in [5.74, 6) is 0.562. The number of aromatic nitrogens is 1. The molecule has 1 aliphatic rings. The number of benzene rings is 1. The van der Waals surface area contributed by atoms with Crippen molar-refractivity contribution >= 4 is 38.6 Å². The average molecular weight is 274 g/mol. The van der Waals surface area contributed by atoms with Gasteiger partial charge in [0.05, 0.1) is 20.8 Å². The Morgan fingerprint density at radius 1 is 1.33 bits per heavy atom. The Bertz CT molecular complexity index is 652. The number of rotatable bonds is 2. The van der Waals surface area contributed by atoms with E-state index in [0.29, 0.717) is 27.9 Å². The normalized spacial score (nSPS) is 15.4. The number of nitrogens with zero attached hydrogens (tertiary/aromatic N) is 1. The highest BCUT2D eigenvalue weighted by molar-refractivity contribution is 7.80. The molecule has 5 heteroatoms. The minimum absolute atomic E-state index is 0.561. The van der Waals surface area contributed by atoms with E-state index in [1.165, 1.54) is 11.3 Å². The van der Waals surface area contributed by atoms with Crippen LogP contribution in [0.4, 0.5) is 0 Å². The number of hydrogen-bond acceptors (Lipinski definition) is 5. The maximum Gasteiger partial charge on any atom is 0.279 e. The van der Waals surface area contributed by atoms with E-state index in [1.807, 2.05) is 36.4 Å². The summed E-state index contributed by atoms with van der Waals surface area (Å²) in [6.07, 6.45) is 4.44. The van der Waals surface area contributed by atoms with E-state index in [0.717, 1.165) is 10.2 Å². The van der Waals surface area contributed by atoms with Crippen LogP contribution in [0.3, 0.4) is 0 Å². The van der Waals surface area contributed by atoms with Crippen LogP contribution < -0.4 is 10.5 Å². The largest absolute Gasteiger partial charge is 0.427 e. The van der Waals surface area contributed by atoms with Gasteiger partial charge in [0.15, 0.2) is 5.76 Å². The molecule has 0 atom stereocenters. The van der Waals surface area contributed by atoms with Gasteiger partial charge < -0.3 is 10.5 Å². The lowest BCUT2D eigenvalue weighted by molar-refractivity contribution is 0.446. The van der Waals surface area contributed by atoms with Gasteiger partial charge >= 0.3 is 0 Å². The number of para-hydroxylation sites is 1. The van der Waals surface area contributed by atoms with Crippen molar-refractivity contribution in [2.24, 2.45) is 5.73 Å². The molecule has 2 N–H and O–H groups in total. The van der Waals surface area contributed by atoms with Crippen LogP contribution in [0.5, 0.6) is 5.19 Å². The molecule has 1 aliphatic carbocycles. The Kier molecular flexibility index (Phi) is 2.85. The van der Waals surface area contributed by atoms with Crippen LogP contribution in [0.15, 0.2) is 47.9 Å². The van der Waals surface area contributed by atoms with Crippen molar-refractivity contribution in [2.75, 3.05) is 0 Å². The Labute approximate surface area is 114 Å². The topological polar surface area (TPSA) is 48.1 Å². The fraction of sp³-hybridized carbons (Fsp3) is 0.0769. The standard InChI is InChI=1S/C13H10N2OS2/c14-8-4-3-6-10(17)12(8)16-13-15-9-5-1-2-7-11(9)18-13/h1-5,7H,6,14H2. The van der Waals surface area contributed by atoms with Crippen molar-refractivity contribution < 1.29 is 4.74 Å². The monoisotopic (exact) mass is 274 g/mol. The molecule has 1 heterocycles. The Balaban J connectivity index is 1.97. The van der Waals surface area contributed by atoms with Gasteiger partial charge in [-0.15, -0.1) is 0 Å². The molecule has 3 nitrogen and oxygen atoms in total. The molecule has 2 aromatic rings. The average Bonchev–Trinajstić information content (AvgIpc) is 2.76. The third kappa shape index (κ3) is 2.02. The SMILES string of the molecule is NC1=C(Oc2nc3ccccc3s2)C(=S)CC=C1. The lowest BCUT2D eigenvalue weighted by atomic mass is 10.1. The zero-order valence-corrected chi connectivity index (χ0v) is 11.1. The summed E-state index contributed by atoms with van der Waals surface area (Å²) in [6.45, 7) is 0. The summed E-state index contributed by atoms with van der Waals surface area (Å²) >= 11 is 6.74. The van der Waals surface area contributed by atoms with E-state index in [2.05, 4.69) is 4.98 Å². The van der Waals surface area contributed by atoms with Crippen LogP contribution in [0.1, 0.15) is 6.42 Å². The molecule has 1 aromatic heterocycles. The first-order chi connectivity index (χ1) is 8.74. The van der Waals surface area contributed by atoms with Gasteiger partial charge in [0, 0.05) is 6.42 Å². The molecule has 0 radical (unpaired) electrons. The lowest BCUT2D eigenvalue weighted by Crippen LogP contribution is -2.16. The fourth-order valence-electron chi connectivity index (χ4n) is 1.72. The van der Waals surface area contributed by atoms with Crippen LogP contribution in [0.25, 0.3) is 10.2 Å². The van der Waals surface area contributed by atoms with E-state index < -0.39 is 0 Å². The Morgan fingerprint density at radius 3 is 2.94 bits per heavy atom. The highest BCUT2D eigenvalue weighted by Gasteiger charge is 2.16. The lowest BCUT2D eigenvalue weighted by Gasteiger charge is -2.12. The molecule has 0 spiro atoms. The van der Waals surface area contributed by atoms with Gasteiger partial charge in [0.25, 0.3) is 5.19 Å². The molecule has 0 saturated heterocycles. The molecule has 0 aliphatic heterocycles. The van der Waals surface area contributed by atoms with Crippen molar-refractivity contribution in [3.05, 3.63) is 47.9 Å². The predicted molar refractivity (Wildman–Crippen MR) is 77.8 cm³/mol. The second kappa shape index (κ2) is 4.51. The number of thiazole rings is 1. The first-order valence-electron chi connectivity index (χ1n) is 5.47. The van der Waals surface area contributed by atoms with Gasteiger partial charge in [-0.25, -0.2) is 4.98 Å². The van der Waals surface area contributed by atoms with Gasteiger partial charge in [0.1, 0.15) is 0 Å². The predicted octanol–water partition coefficient (Wildman–Crippen LogP) is 3.18. The van der Waals surface area contributed by atoms with Crippen LogP contribution in [0, 0.1) is 0 Å². The quantitative estimate of drug-likeness (QED) is 0.854. The summed E-state index contributed by atoms with van der Waals surface area (Å²) < 4.78 is 6.82. The van der Waals surface area contributed by atoms with E-state index in [-0.39, 0.29) is 0 Å². The van der Waals surface area contributed by atoms with Gasteiger partial charge in [0.2, 0.25) is 0 Å². The molecule has 18 heavy (non-hydrogen) atoms. The summed E-state index contributed by atoms with van der Waals surface area (Å²) in [6, 6.07) is 7.89. The van der Waals surface area contributed by atoms with Crippen LogP contribution >= 0.6 is 23.6 Å². The molecular formula is C13H10N2OS2. The van der Waals surface area contributed by atoms with Gasteiger partial charge in [-0.3, -0.25) is 0 Å². The Hall–Kier alpha value is -1.72. The molecule has 0 saturated carbocycles. The molecule has 0 unspecified atom stereocenters. The van der Waals surface area contributed by atoms with Crippen molar-refractivity contribution in [1.82, 2.24) is 4.98 Å². The highest BCUT2D eigenvalue weighted by Crippen LogP contribution is 2.30.